The van der Waals surface area contributed by atoms with E-state index in [0.29, 0.717) is 39.9 Å². The van der Waals surface area contributed by atoms with Gasteiger partial charge in [0.05, 0.1) is 48.7 Å². The minimum atomic E-state index is 0.407. The van der Waals surface area contributed by atoms with Gasteiger partial charge in [0.25, 0.3) is 0 Å². The Morgan fingerprint density at radius 2 is 2.03 bits per heavy atom. The number of anilines is 2. The Bertz CT molecular complexity index is 1500. The Balaban J connectivity index is 1.35. The van der Waals surface area contributed by atoms with Gasteiger partial charge in [-0.2, -0.15) is 5.26 Å². The molecule has 2 aromatic heterocycles. The molecule has 0 amide bonds. The van der Waals surface area contributed by atoms with Crippen molar-refractivity contribution < 1.29 is 14.2 Å². The minimum Gasteiger partial charge on any atom is -0.493 e. The Hall–Kier alpha value is -3.49. The van der Waals surface area contributed by atoms with Crippen LogP contribution in [0.4, 0.5) is 11.4 Å². The summed E-state index contributed by atoms with van der Waals surface area (Å²) in [5.74, 6) is 1.19. The van der Waals surface area contributed by atoms with Crippen molar-refractivity contribution >= 4 is 45.6 Å². The zero-order chi connectivity index (χ0) is 27.2. The highest BCUT2D eigenvalue weighted by atomic mass is 35.5. The smallest absolute Gasteiger partial charge is 0.170 e. The molecule has 2 aromatic carbocycles. The van der Waals surface area contributed by atoms with Gasteiger partial charge in [0.1, 0.15) is 6.07 Å². The van der Waals surface area contributed by atoms with Gasteiger partial charge in [0.15, 0.2) is 16.7 Å². The van der Waals surface area contributed by atoms with Crippen molar-refractivity contribution in [3.63, 3.8) is 0 Å². The Labute approximate surface area is 236 Å². The highest BCUT2D eigenvalue weighted by Crippen LogP contribution is 2.39. The maximum Gasteiger partial charge on any atom is 0.170 e. The molecule has 0 aliphatic carbocycles. The molecule has 4 aromatic rings. The molecule has 0 bridgehead atoms. The maximum atomic E-state index is 9.82. The summed E-state index contributed by atoms with van der Waals surface area (Å²) in [6.07, 6.45) is 4.23. The van der Waals surface area contributed by atoms with Crippen LogP contribution in [-0.4, -0.2) is 66.4 Å². The number of aromatic nitrogens is 3. The van der Waals surface area contributed by atoms with Gasteiger partial charge < -0.3 is 24.5 Å². The molecule has 39 heavy (non-hydrogen) atoms. The molecule has 9 nitrogen and oxygen atoms in total. The van der Waals surface area contributed by atoms with Crippen LogP contribution in [0.2, 0.25) is 5.02 Å². The van der Waals surface area contributed by atoms with E-state index in [1.807, 2.05) is 37.3 Å². The molecule has 0 saturated carbocycles. The van der Waals surface area contributed by atoms with Gasteiger partial charge in [-0.1, -0.05) is 23.4 Å². The third-order valence-corrected chi connectivity index (χ3v) is 7.74. The van der Waals surface area contributed by atoms with E-state index in [9.17, 15) is 5.26 Å². The van der Waals surface area contributed by atoms with E-state index in [-0.39, 0.29) is 0 Å². The van der Waals surface area contributed by atoms with Gasteiger partial charge in [-0.25, -0.2) is 4.98 Å². The van der Waals surface area contributed by atoms with Crippen LogP contribution in [0.25, 0.3) is 10.9 Å². The van der Waals surface area contributed by atoms with Gasteiger partial charge in [0, 0.05) is 59.8 Å². The van der Waals surface area contributed by atoms with Crippen molar-refractivity contribution in [1.82, 2.24) is 19.9 Å². The number of methoxy groups -OCH3 is 1. The van der Waals surface area contributed by atoms with E-state index >= 15 is 0 Å². The second kappa shape index (κ2) is 12.6. The topological polar surface area (TPSA) is 108 Å². The summed E-state index contributed by atoms with van der Waals surface area (Å²) >= 11 is 8.05. The second-order valence-corrected chi connectivity index (χ2v) is 10.5. The highest BCUT2D eigenvalue weighted by Gasteiger charge is 2.16. The second-order valence-electron chi connectivity index (χ2n) is 9.08. The number of benzene rings is 2. The first kappa shape index (κ1) is 27.1. The van der Waals surface area contributed by atoms with E-state index in [0.717, 1.165) is 66.1 Å². The van der Waals surface area contributed by atoms with E-state index in [2.05, 4.69) is 31.2 Å². The Morgan fingerprint density at radius 1 is 1.18 bits per heavy atom. The summed E-state index contributed by atoms with van der Waals surface area (Å²) in [7, 11) is 1.60. The van der Waals surface area contributed by atoms with Crippen molar-refractivity contribution in [1.29, 1.82) is 5.26 Å². The Morgan fingerprint density at radius 3 is 2.74 bits per heavy atom. The number of halogens is 1. The fourth-order valence-electron chi connectivity index (χ4n) is 4.34. The molecule has 0 spiro atoms. The van der Waals surface area contributed by atoms with Crippen molar-refractivity contribution in [3.05, 3.63) is 59.0 Å². The fourth-order valence-corrected chi connectivity index (χ4v) is 5.45. The third-order valence-electron chi connectivity index (χ3n) is 6.34. The first-order valence-corrected chi connectivity index (χ1v) is 13.8. The number of H-pyrrole nitrogens is 1. The average Bonchev–Trinajstić information content (AvgIpc) is 3.37. The molecule has 0 radical (unpaired) electrons. The molecule has 1 fully saturated rings. The van der Waals surface area contributed by atoms with Gasteiger partial charge >= 0.3 is 0 Å². The van der Waals surface area contributed by atoms with Crippen LogP contribution in [0.3, 0.4) is 0 Å². The predicted molar refractivity (Wildman–Crippen MR) is 153 cm³/mol. The van der Waals surface area contributed by atoms with Gasteiger partial charge in [-0.3, -0.25) is 9.88 Å². The van der Waals surface area contributed by atoms with Crippen LogP contribution >= 0.6 is 23.4 Å². The Kier molecular flexibility index (Phi) is 8.74. The molecule has 5 rings (SSSR count). The molecule has 1 aliphatic rings. The average molecular weight is 565 g/mol. The van der Waals surface area contributed by atoms with E-state index < -0.39 is 0 Å². The van der Waals surface area contributed by atoms with Crippen LogP contribution < -0.4 is 14.8 Å². The normalized spacial score (nSPS) is 13.8. The lowest BCUT2D eigenvalue weighted by Crippen LogP contribution is -2.37. The molecule has 202 valence electrons. The van der Waals surface area contributed by atoms with Crippen molar-refractivity contribution in [2.45, 2.75) is 23.4 Å². The number of imidazole rings is 1. The first-order chi connectivity index (χ1) is 19.0. The molecule has 11 heteroatoms. The molecule has 0 unspecified atom stereocenters. The summed E-state index contributed by atoms with van der Waals surface area (Å²) in [6.45, 7) is 6.94. The number of nitriles is 1. The van der Waals surface area contributed by atoms with Crippen LogP contribution in [0.1, 0.15) is 17.7 Å². The summed E-state index contributed by atoms with van der Waals surface area (Å²) in [6, 6.07) is 11.6. The third kappa shape index (κ3) is 6.57. The lowest BCUT2D eigenvalue weighted by Gasteiger charge is -2.26. The van der Waals surface area contributed by atoms with E-state index in [4.69, 9.17) is 25.8 Å². The number of rotatable bonds is 10. The number of aromatic amines is 1. The van der Waals surface area contributed by atoms with Crippen molar-refractivity contribution in [2.75, 3.05) is 51.9 Å². The number of fused-ring (bicyclic) bond motifs is 1. The number of hydrogen-bond donors (Lipinski definition) is 2. The van der Waals surface area contributed by atoms with Gasteiger partial charge in [-0.15, -0.1) is 0 Å². The summed E-state index contributed by atoms with van der Waals surface area (Å²) < 4.78 is 17.1. The van der Waals surface area contributed by atoms with Crippen LogP contribution in [-0.2, 0) is 4.74 Å². The fraction of sp³-hybridized carbons (Fsp3) is 0.321. The number of ether oxygens (including phenoxy) is 3. The summed E-state index contributed by atoms with van der Waals surface area (Å²) in [4.78, 5) is 15.3. The molecule has 3 heterocycles. The molecular formula is C28H29ClN6O3S. The number of pyridine rings is 1. The first-order valence-electron chi connectivity index (χ1n) is 12.6. The number of hydrogen-bond acceptors (Lipinski definition) is 9. The molecule has 2 N–H and O–H groups in total. The maximum absolute atomic E-state index is 9.82. The largest absolute Gasteiger partial charge is 0.493 e. The standard InChI is InChI=1S/C28H29ClN6O3S/c1-18-16-32-28(33-18)39-26-5-4-20(12-22(26)29)34-27-19(15-30)17-31-23-14-25(24(36-2)13-21(23)27)38-9-3-6-35-7-10-37-11-8-35/h4-5,12-14,16-17H,3,6-11H2,1-2H3,(H,31,34)(H,32,33). The molecule has 1 aliphatic heterocycles. The van der Waals surface area contributed by atoms with Gasteiger partial charge in [-0.05, 0) is 37.6 Å². The SMILES string of the molecule is COc1cc2c(Nc3ccc(Sc4ncc(C)[nH]4)c(Cl)c3)c(C#N)cnc2cc1OCCCN1CCOCC1. The monoisotopic (exact) mass is 564 g/mol. The quantitative estimate of drug-likeness (QED) is 0.231. The molecule has 1 saturated heterocycles. The lowest BCUT2D eigenvalue weighted by atomic mass is 10.1. The number of nitrogens with one attached hydrogen (secondary N) is 2. The predicted octanol–water partition coefficient (Wildman–Crippen LogP) is 5.80. The zero-order valence-corrected chi connectivity index (χ0v) is 23.4. The van der Waals surface area contributed by atoms with Crippen molar-refractivity contribution in [2.24, 2.45) is 0 Å². The number of morpholine rings is 1. The molecular weight excluding hydrogens is 536 g/mol. The molecule has 0 atom stereocenters. The highest BCUT2D eigenvalue weighted by molar-refractivity contribution is 7.99. The zero-order valence-electron chi connectivity index (χ0n) is 21.8. The lowest BCUT2D eigenvalue weighted by molar-refractivity contribution is 0.0357. The van der Waals surface area contributed by atoms with Crippen LogP contribution in [0.15, 0.2) is 52.8 Å². The summed E-state index contributed by atoms with van der Waals surface area (Å²) in [5.41, 5.74) is 3.44. The van der Waals surface area contributed by atoms with Crippen LogP contribution in [0, 0.1) is 18.3 Å². The van der Waals surface area contributed by atoms with Crippen LogP contribution in [0.5, 0.6) is 11.5 Å². The van der Waals surface area contributed by atoms with E-state index in [1.165, 1.54) is 11.8 Å². The van der Waals surface area contributed by atoms with E-state index in [1.54, 1.807) is 19.5 Å². The number of nitrogens with zero attached hydrogens (tertiary/aromatic N) is 4. The van der Waals surface area contributed by atoms with Crippen molar-refractivity contribution in [3.8, 4) is 17.6 Å². The van der Waals surface area contributed by atoms with Gasteiger partial charge in [0.2, 0.25) is 0 Å². The minimum absolute atomic E-state index is 0.407. The number of aryl methyl sites for hydroxylation is 1. The summed E-state index contributed by atoms with van der Waals surface area (Å²) in [5, 5.41) is 15.3.